The van der Waals surface area contributed by atoms with Crippen molar-refractivity contribution in [2.75, 3.05) is 5.33 Å². The van der Waals surface area contributed by atoms with Crippen LogP contribution in [0.4, 0.5) is 0 Å². The number of halogens is 2. The summed E-state index contributed by atoms with van der Waals surface area (Å²) < 4.78 is 0. The van der Waals surface area contributed by atoms with E-state index in [9.17, 15) is 4.79 Å². The van der Waals surface area contributed by atoms with E-state index < -0.39 is 0 Å². The Morgan fingerprint density at radius 3 is 2.28 bits per heavy atom. The van der Waals surface area contributed by atoms with Gasteiger partial charge >= 0.3 is 0 Å². The summed E-state index contributed by atoms with van der Waals surface area (Å²) in [6, 6.07) is 16.1. The van der Waals surface area contributed by atoms with Gasteiger partial charge in [-0.05, 0) is 22.8 Å². The minimum atomic E-state index is 0.115. The Bertz CT molecular complexity index is 550. The highest BCUT2D eigenvalue weighted by molar-refractivity contribution is 9.09. The van der Waals surface area contributed by atoms with Crippen LogP contribution in [0.5, 0.6) is 0 Å². The maximum atomic E-state index is 11.8. The van der Waals surface area contributed by atoms with Crippen LogP contribution in [-0.4, -0.2) is 11.1 Å². The van der Waals surface area contributed by atoms with E-state index in [1.165, 1.54) is 0 Å². The van der Waals surface area contributed by atoms with Crippen molar-refractivity contribution in [2.45, 2.75) is 5.33 Å². The van der Waals surface area contributed by atoms with E-state index in [2.05, 4.69) is 50.1 Å². The van der Waals surface area contributed by atoms with E-state index in [1.807, 2.05) is 30.3 Å². The second kappa shape index (κ2) is 6.30. The number of Topliss-reactive ketones (excluding diaryl/α,β-unsaturated/α-hetero) is 1. The molecule has 0 aromatic heterocycles. The number of carbonyl (C=O) groups is 1. The first-order valence-electron chi connectivity index (χ1n) is 5.59. The summed E-state index contributed by atoms with van der Waals surface area (Å²) in [4.78, 5) is 11.8. The molecule has 0 aliphatic rings. The summed E-state index contributed by atoms with van der Waals surface area (Å²) >= 11 is 6.66. The molecule has 1 nitrogen and oxygen atoms in total. The van der Waals surface area contributed by atoms with E-state index in [-0.39, 0.29) is 5.78 Å². The van der Waals surface area contributed by atoms with Crippen LogP contribution in [0, 0.1) is 0 Å². The monoisotopic (exact) mass is 366 g/mol. The first-order valence-corrected chi connectivity index (χ1v) is 7.84. The molecule has 0 aliphatic carbocycles. The molecule has 2 aromatic carbocycles. The van der Waals surface area contributed by atoms with Crippen LogP contribution in [-0.2, 0) is 5.33 Å². The van der Waals surface area contributed by atoms with Crippen molar-refractivity contribution in [1.29, 1.82) is 0 Å². The molecule has 0 radical (unpaired) electrons. The lowest BCUT2D eigenvalue weighted by molar-refractivity contribution is 0.102. The number of ketones is 1. The van der Waals surface area contributed by atoms with Crippen molar-refractivity contribution in [1.82, 2.24) is 0 Å². The average Bonchev–Trinajstić information content (AvgIpc) is 2.46. The molecule has 92 valence electrons. The fourth-order valence-electron chi connectivity index (χ4n) is 1.86. The van der Waals surface area contributed by atoms with Gasteiger partial charge in [0.15, 0.2) is 5.78 Å². The summed E-state index contributed by atoms with van der Waals surface area (Å²) in [5, 5.41) is 1.04. The first kappa shape index (κ1) is 13.5. The third kappa shape index (κ3) is 2.90. The van der Waals surface area contributed by atoms with Crippen molar-refractivity contribution in [3.8, 4) is 11.1 Å². The molecule has 0 heterocycles. The lowest BCUT2D eigenvalue weighted by atomic mass is 9.98. The number of alkyl halides is 2. The largest absolute Gasteiger partial charge is 0.293 e. The van der Waals surface area contributed by atoms with Crippen molar-refractivity contribution in [3.63, 3.8) is 0 Å². The first-order chi connectivity index (χ1) is 8.76. The second-order valence-electron chi connectivity index (χ2n) is 3.93. The van der Waals surface area contributed by atoms with E-state index in [0.717, 1.165) is 22.3 Å². The Morgan fingerprint density at radius 2 is 1.67 bits per heavy atom. The molecule has 18 heavy (non-hydrogen) atoms. The van der Waals surface area contributed by atoms with E-state index >= 15 is 0 Å². The molecule has 0 fully saturated rings. The van der Waals surface area contributed by atoms with Crippen LogP contribution in [0.15, 0.2) is 48.5 Å². The Labute approximate surface area is 123 Å². The van der Waals surface area contributed by atoms with Crippen molar-refractivity contribution >= 4 is 37.6 Å². The van der Waals surface area contributed by atoms with Gasteiger partial charge in [-0.25, -0.2) is 0 Å². The maximum absolute atomic E-state index is 11.8. The van der Waals surface area contributed by atoms with Gasteiger partial charge in [0.2, 0.25) is 0 Å². The maximum Gasteiger partial charge on any atom is 0.173 e. The molecule has 2 rings (SSSR count). The van der Waals surface area contributed by atoms with Crippen LogP contribution in [0.2, 0.25) is 0 Å². The Kier molecular flexibility index (Phi) is 4.72. The fraction of sp³-hybridized carbons (Fsp3) is 0.133. The van der Waals surface area contributed by atoms with Gasteiger partial charge in [-0.15, -0.1) is 0 Å². The van der Waals surface area contributed by atoms with Crippen LogP contribution in [0.25, 0.3) is 11.1 Å². The normalized spacial score (nSPS) is 10.3. The SMILES string of the molecule is O=C(CBr)c1ccc(-c2ccccc2)cc1CBr. The molecule has 0 saturated heterocycles. The average molecular weight is 368 g/mol. The molecule has 3 heteroatoms. The zero-order valence-corrected chi connectivity index (χ0v) is 12.9. The second-order valence-corrected chi connectivity index (χ2v) is 5.05. The van der Waals surface area contributed by atoms with Crippen LogP contribution in [0.1, 0.15) is 15.9 Å². The highest BCUT2D eigenvalue weighted by atomic mass is 79.9. The lowest BCUT2D eigenvalue weighted by Gasteiger charge is -2.08. The van der Waals surface area contributed by atoms with Gasteiger partial charge < -0.3 is 0 Å². The topological polar surface area (TPSA) is 17.1 Å². The third-order valence-electron chi connectivity index (χ3n) is 2.78. The summed E-state index contributed by atoms with van der Waals surface area (Å²) in [6.07, 6.45) is 0. The van der Waals surface area contributed by atoms with Crippen LogP contribution < -0.4 is 0 Å². The number of benzene rings is 2. The molecular formula is C15H12Br2O. The van der Waals surface area contributed by atoms with Crippen LogP contribution >= 0.6 is 31.9 Å². The number of hydrogen-bond acceptors (Lipinski definition) is 1. The molecule has 0 unspecified atom stereocenters. The molecule has 0 saturated carbocycles. The predicted molar refractivity (Wildman–Crippen MR) is 82.6 cm³/mol. The van der Waals surface area contributed by atoms with Gasteiger partial charge in [-0.2, -0.15) is 0 Å². The summed E-state index contributed by atoms with van der Waals surface area (Å²) in [7, 11) is 0. The summed E-state index contributed by atoms with van der Waals surface area (Å²) in [6.45, 7) is 0. The molecule has 0 spiro atoms. The van der Waals surface area contributed by atoms with Gasteiger partial charge in [0.1, 0.15) is 0 Å². The molecule has 0 atom stereocenters. The van der Waals surface area contributed by atoms with Crippen molar-refractivity contribution < 1.29 is 4.79 Å². The van der Waals surface area contributed by atoms with Gasteiger partial charge in [0.25, 0.3) is 0 Å². The fourth-order valence-corrected chi connectivity index (χ4v) is 2.62. The zero-order chi connectivity index (χ0) is 13.0. The van der Waals surface area contributed by atoms with E-state index in [0.29, 0.717) is 10.7 Å². The van der Waals surface area contributed by atoms with Gasteiger partial charge in [-0.1, -0.05) is 74.3 Å². The summed E-state index contributed by atoms with van der Waals surface area (Å²) in [5.41, 5.74) is 4.11. The van der Waals surface area contributed by atoms with Crippen molar-refractivity contribution in [3.05, 3.63) is 59.7 Å². The third-order valence-corrected chi connectivity index (χ3v) is 3.89. The number of carbonyl (C=O) groups excluding carboxylic acids is 1. The van der Waals surface area contributed by atoms with Gasteiger partial charge in [0, 0.05) is 10.9 Å². The molecule has 0 bridgehead atoms. The Balaban J connectivity index is 2.45. The van der Waals surface area contributed by atoms with Crippen LogP contribution in [0.3, 0.4) is 0 Å². The van der Waals surface area contributed by atoms with E-state index in [1.54, 1.807) is 0 Å². The lowest BCUT2D eigenvalue weighted by Crippen LogP contribution is -2.03. The zero-order valence-electron chi connectivity index (χ0n) is 9.70. The minimum absolute atomic E-state index is 0.115. The Morgan fingerprint density at radius 1 is 0.944 bits per heavy atom. The summed E-state index contributed by atoms with van der Waals surface area (Å²) in [5.74, 6) is 0.115. The number of rotatable bonds is 4. The molecule has 0 N–H and O–H groups in total. The quantitative estimate of drug-likeness (QED) is 0.559. The van der Waals surface area contributed by atoms with Crippen molar-refractivity contribution in [2.24, 2.45) is 0 Å². The highest BCUT2D eigenvalue weighted by Crippen LogP contribution is 2.24. The van der Waals surface area contributed by atoms with E-state index in [4.69, 9.17) is 0 Å². The standard InChI is InChI=1S/C15H12Br2O/c16-9-13-8-12(11-4-2-1-3-5-11)6-7-14(13)15(18)10-17/h1-8H,9-10H2. The smallest absolute Gasteiger partial charge is 0.173 e. The molecular weight excluding hydrogens is 356 g/mol. The molecule has 0 aliphatic heterocycles. The molecule has 0 amide bonds. The minimum Gasteiger partial charge on any atom is -0.293 e. The molecule has 2 aromatic rings. The van der Waals surface area contributed by atoms with Gasteiger partial charge in [-0.3, -0.25) is 4.79 Å². The predicted octanol–water partition coefficient (Wildman–Crippen LogP) is 4.83. The Hall–Kier alpha value is -0.930. The van der Waals surface area contributed by atoms with Gasteiger partial charge in [0.05, 0.1) is 5.33 Å². The number of hydrogen-bond donors (Lipinski definition) is 0. The highest BCUT2D eigenvalue weighted by Gasteiger charge is 2.10.